The molecular formula is C5H16NP. The van der Waals surface area contributed by atoms with Crippen molar-refractivity contribution < 1.29 is 0 Å². The van der Waals surface area contributed by atoms with Gasteiger partial charge in [-0.05, 0) is 0 Å². The fourth-order valence-electron chi connectivity index (χ4n) is 0. The molecule has 0 saturated heterocycles. The summed E-state index contributed by atoms with van der Waals surface area (Å²) in [5.74, 6) is 0. The molecule has 2 N–H and O–H groups in total. The maximum atomic E-state index is 5.91. The Morgan fingerprint density at radius 3 is 1.43 bits per heavy atom. The van der Waals surface area contributed by atoms with Crippen LogP contribution in [0, 0.1) is 0 Å². The second kappa shape index (κ2) is 1.43. The molecule has 1 nitrogen and oxygen atoms in total. The Morgan fingerprint density at radius 1 is 1.29 bits per heavy atom. The molecule has 0 aliphatic rings. The van der Waals surface area contributed by atoms with Gasteiger partial charge in [0, 0.05) is 0 Å². The predicted octanol–water partition coefficient (Wildman–Crippen LogP) is 1.32. The fraction of sp³-hybridized carbons (Fsp3) is 1.00. The van der Waals surface area contributed by atoms with Crippen LogP contribution in [0.25, 0.3) is 0 Å². The number of rotatable bonds is 1. The second-order valence-electron chi connectivity index (χ2n) is 3.56. The van der Waals surface area contributed by atoms with Crippen molar-refractivity contribution in [1.29, 1.82) is 0 Å². The third-order valence-corrected chi connectivity index (χ3v) is 3.39. The molecule has 0 radical (unpaired) electrons. The van der Waals surface area contributed by atoms with Crippen molar-refractivity contribution in [1.82, 2.24) is 0 Å². The van der Waals surface area contributed by atoms with E-state index in [0.29, 0.717) is 0 Å². The molecule has 46 valence electrons. The molecule has 0 fully saturated rings. The van der Waals surface area contributed by atoms with Crippen molar-refractivity contribution in [2.75, 3.05) is 26.2 Å². The molecule has 0 aromatic rings. The minimum absolute atomic E-state index is 1.14. The topological polar surface area (TPSA) is 26.0 Å². The van der Waals surface area contributed by atoms with E-state index in [1.165, 1.54) is 0 Å². The molecule has 0 rings (SSSR count). The fourth-order valence-corrected chi connectivity index (χ4v) is 0. The van der Waals surface area contributed by atoms with Crippen molar-refractivity contribution in [3.63, 3.8) is 0 Å². The zero-order chi connectivity index (χ0) is 6.15. The minimum atomic E-state index is -1.58. The van der Waals surface area contributed by atoms with Gasteiger partial charge in [0.15, 0.2) is 0 Å². The van der Waals surface area contributed by atoms with Crippen molar-refractivity contribution in [3.8, 4) is 0 Å². The zero-order valence-corrected chi connectivity index (χ0v) is 6.63. The maximum absolute atomic E-state index is 5.91. The summed E-state index contributed by atoms with van der Waals surface area (Å²) in [6.07, 6.45) is 1.14. The van der Waals surface area contributed by atoms with Crippen LogP contribution < -0.4 is 5.50 Å². The Kier molecular flexibility index (Phi) is 1.51. The van der Waals surface area contributed by atoms with Crippen molar-refractivity contribution in [2.24, 2.45) is 5.50 Å². The summed E-state index contributed by atoms with van der Waals surface area (Å²) >= 11 is 0. The number of nitrogens with two attached hydrogens (primary N) is 1. The monoisotopic (exact) mass is 121 g/mol. The SMILES string of the molecule is CCP(C)(C)(C)N. The first-order valence-corrected chi connectivity index (χ1v) is 6.46. The van der Waals surface area contributed by atoms with Gasteiger partial charge in [-0.2, -0.15) is 0 Å². The van der Waals surface area contributed by atoms with Gasteiger partial charge in [-0.15, -0.1) is 0 Å². The van der Waals surface area contributed by atoms with E-state index in [4.69, 9.17) is 5.50 Å². The van der Waals surface area contributed by atoms with Crippen LogP contribution in [-0.2, 0) is 0 Å². The van der Waals surface area contributed by atoms with E-state index in [-0.39, 0.29) is 0 Å². The summed E-state index contributed by atoms with van der Waals surface area (Å²) in [4.78, 5) is 0. The summed E-state index contributed by atoms with van der Waals surface area (Å²) in [6.45, 7) is 7.09. The van der Waals surface area contributed by atoms with Gasteiger partial charge in [-0.1, -0.05) is 0 Å². The van der Waals surface area contributed by atoms with Crippen LogP contribution in [0.15, 0.2) is 0 Å². The second-order valence-corrected chi connectivity index (χ2v) is 10.7. The van der Waals surface area contributed by atoms with Crippen LogP contribution in [0.3, 0.4) is 0 Å². The standard InChI is InChI=1S/C5H16NP/c1-5-7(2,3,4)6/h5-6H2,1-4H3. The van der Waals surface area contributed by atoms with Gasteiger partial charge >= 0.3 is 45.3 Å². The third kappa shape index (κ3) is 6.39. The molecule has 0 saturated carbocycles. The molecular weight excluding hydrogens is 105 g/mol. The summed E-state index contributed by atoms with van der Waals surface area (Å²) in [5.41, 5.74) is 5.91. The Morgan fingerprint density at radius 2 is 1.43 bits per heavy atom. The summed E-state index contributed by atoms with van der Waals surface area (Å²) < 4.78 is 0. The Balaban J connectivity index is 3.83. The normalized spacial score (nSPS) is 18.1. The van der Waals surface area contributed by atoms with Gasteiger partial charge in [0.1, 0.15) is 0 Å². The summed E-state index contributed by atoms with van der Waals surface area (Å²) in [7, 11) is 0. The molecule has 0 bridgehead atoms. The molecule has 0 atom stereocenters. The van der Waals surface area contributed by atoms with E-state index in [0.717, 1.165) is 6.16 Å². The van der Waals surface area contributed by atoms with Crippen molar-refractivity contribution in [2.45, 2.75) is 6.92 Å². The average Bonchev–Trinajstić information content (AvgIpc) is 1.32. The quantitative estimate of drug-likeness (QED) is 0.520. The molecule has 0 aromatic carbocycles. The van der Waals surface area contributed by atoms with Crippen LogP contribution in [-0.4, -0.2) is 26.2 Å². The van der Waals surface area contributed by atoms with E-state index in [1.807, 2.05) is 0 Å². The average molecular weight is 121 g/mol. The molecule has 0 unspecified atom stereocenters. The molecule has 0 heterocycles. The predicted molar refractivity (Wildman–Crippen MR) is 39.4 cm³/mol. The van der Waals surface area contributed by atoms with Crippen LogP contribution >= 0.6 is 6.75 Å². The first-order valence-electron chi connectivity index (χ1n) is 2.62. The number of hydrogen-bond donors (Lipinski definition) is 1. The Hall–Kier alpha value is 0.390. The first-order chi connectivity index (χ1) is 2.81. The van der Waals surface area contributed by atoms with Gasteiger partial charge < -0.3 is 0 Å². The van der Waals surface area contributed by atoms with E-state index < -0.39 is 6.75 Å². The molecule has 7 heavy (non-hydrogen) atoms. The molecule has 2 heteroatoms. The summed E-state index contributed by atoms with van der Waals surface area (Å²) in [5, 5.41) is 0. The molecule has 0 aliphatic carbocycles. The van der Waals surface area contributed by atoms with Crippen LogP contribution in [0.1, 0.15) is 6.92 Å². The van der Waals surface area contributed by atoms with Crippen LogP contribution in [0.2, 0.25) is 0 Å². The Bertz CT molecular complexity index is 60.6. The van der Waals surface area contributed by atoms with Crippen molar-refractivity contribution >= 4 is 6.75 Å². The van der Waals surface area contributed by atoms with E-state index in [9.17, 15) is 0 Å². The Labute approximate surface area is 46.3 Å². The van der Waals surface area contributed by atoms with E-state index in [2.05, 4.69) is 26.9 Å². The molecule has 0 aromatic heterocycles. The van der Waals surface area contributed by atoms with E-state index in [1.54, 1.807) is 0 Å². The summed E-state index contributed by atoms with van der Waals surface area (Å²) in [6, 6.07) is 0. The van der Waals surface area contributed by atoms with Crippen LogP contribution in [0.5, 0.6) is 0 Å². The van der Waals surface area contributed by atoms with Gasteiger partial charge in [0.05, 0.1) is 0 Å². The van der Waals surface area contributed by atoms with Crippen LogP contribution in [0.4, 0.5) is 0 Å². The van der Waals surface area contributed by atoms with Gasteiger partial charge in [-0.3, -0.25) is 0 Å². The molecule has 0 spiro atoms. The van der Waals surface area contributed by atoms with Gasteiger partial charge in [0.2, 0.25) is 0 Å². The molecule has 0 amide bonds. The van der Waals surface area contributed by atoms with Crippen molar-refractivity contribution in [3.05, 3.63) is 0 Å². The third-order valence-electron chi connectivity index (χ3n) is 1.13. The number of hydrogen-bond acceptors (Lipinski definition) is 1. The molecule has 0 aliphatic heterocycles. The van der Waals surface area contributed by atoms with Gasteiger partial charge in [0.25, 0.3) is 0 Å². The van der Waals surface area contributed by atoms with Gasteiger partial charge in [-0.25, -0.2) is 0 Å². The first kappa shape index (κ1) is 7.39. The van der Waals surface area contributed by atoms with E-state index >= 15 is 0 Å². The zero-order valence-electron chi connectivity index (χ0n) is 5.73.